The largest absolute Gasteiger partial charge is 0.368 e. The molecule has 92 valence electrons. The third-order valence-corrected chi connectivity index (χ3v) is 2.29. The van der Waals surface area contributed by atoms with Crippen LogP contribution in [0.1, 0.15) is 40.0 Å². The summed E-state index contributed by atoms with van der Waals surface area (Å²) >= 11 is 0. The van der Waals surface area contributed by atoms with Crippen molar-refractivity contribution in [1.29, 1.82) is 0 Å². The van der Waals surface area contributed by atoms with E-state index >= 15 is 0 Å². The highest BCUT2D eigenvalue weighted by Gasteiger charge is 2.32. The van der Waals surface area contributed by atoms with Crippen molar-refractivity contribution in [2.24, 2.45) is 21.5 Å². The van der Waals surface area contributed by atoms with Gasteiger partial charge < -0.3 is 11.5 Å². The second-order valence-corrected chi connectivity index (χ2v) is 4.27. The zero-order valence-electron chi connectivity index (χ0n) is 10.2. The van der Waals surface area contributed by atoms with E-state index in [1.165, 1.54) is 5.06 Å². The van der Waals surface area contributed by atoms with Crippen LogP contribution in [0, 0.1) is 0 Å². The molecule has 0 aromatic carbocycles. The van der Waals surface area contributed by atoms with E-state index in [1.54, 1.807) is 0 Å². The molecule has 1 aliphatic rings. The minimum atomic E-state index is -0.595. The molecule has 0 radical (unpaired) electrons. The van der Waals surface area contributed by atoms with Crippen LogP contribution in [0.25, 0.3) is 0 Å². The average molecular weight is 227 g/mol. The molecule has 0 unspecified atom stereocenters. The first-order valence-electron chi connectivity index (χ1n) is 5.60. The summed E-state index contributed by atoms with van der Waals surface area (Å²) < 4.78 is 0. The predicted molar refractivity (Wildman–Crippen MR) is 64.6 cm³/mol. The molecular weight excluding hydrogens is 206 g/mol. The highest BCUT2D eigenvalue weighted by molar-refractivity contribution is 5.95. The summed E-state index contributed by atoms with van der Waals surface area (Å²) in [6.45, 7) is 6.51. The van der Waals surface area contributed by atoms with E-state index in [2.05, 4.69) is 16.9 Å². The second-order valence-electron chi connectivity index (χ2n) is 4.27. The summed E-state index contributed by atoms with van der Waals surface area (Å²) in [6.07, 6.45) is 3.29. The van der Waals surface area contributed by atoms with Crippen molar-refractivity contribution in [3.63, 3.8) is 0 Å². The number of hydrogen-bond acceptors (Lipinski definition) is 6. The first kappa shape index (κ1) is 12.8. The van der Waals surface area contributed by atoms with Crippen molar-refractivity contribution in [2.45, 2.75) is 45.7 Å². The number of hydrogen-bond donors (Lipinski definition) is 2. The summed E-state index contributed by atoms with van der Waals surface area (Å²) in [4.78, 5) is 13.6. The fourth-order valence-corrected chi connectivity index (χ4v) is 1.53. The Morgan fingerprint density at radius 3 is 2.56 bits per heavy atom. The summed E-state index contributed by atoms with van der Waals surface area (Å²) in [5.41, 5.74) is 10.7. The average Bonchev–Trinajstić information content (AvgIpc) is 2.14. The molecule has 4 N–H and O–H groups in total. The molecule has 0 saturated heterocycles. The lowest BCUT2D eigenvalue weighted by Gasteiger charge is -2.36. The Kier molecular flexibility index (Phi) is 4.12. The van der Waals surface area contributed by atoms with E-state index in [0.717, 1.165) is 19.3 Å². The maximum Gasteiger partial charge on any atom is 0.226 e. The fourth-order valence-electron chi connectivity index (χ4n) is 1.53. The number of nitrogens with zero attached hydrogens (tertiary/aromatic N) is 3. The zero-order chi connectivity index (χ0) is 12.2. The standard InChI is InChI=1S/C10H21N5O/c1-4-5-6-7-16-15-9(12)13-8(11)14-10(15,2)3/h4-7H2,1-3H3,(H4,11,12,13,14). The Balaban J connectivity index is 2.55. The van der Waals surface area contributed by atoms with Crippen molar-refractivity contribution in [3.8, 4) is 0 Å². The molecule has 0 aliphatic carbocycles. The van der Waals surface area contributed by atoms with Gasteiger partial charge in [0.25, 0.3) is 0 Å². The van der Waals surface area contributed by atoms with E-state index in [4.69, 9.17) is 16.3 Å². The van der Waals surface area contributed by atoms with Gasteiger partial charge in [-0.3, -0.25) is 4.84 Å². The third-order valence-electron chi connectivity index (χ3n) is 2.29. The normalized spacial score (nSPS) is 19.3. The van der Waals surface area contributed by atoms with E-state index < -0.39 is 5.66 Å². The molecule has 0 aromatic heterocycles. The molecule has 0 fully saturated rings. The van der Waals surface area contributed by atoms with Crippen molar-refractivity contribution < 1.29 is 4.84 Å². The van der Waals surface area contributed by atoms with Crippen molar-refractivity contribution in [3.05, 3.63) is 0 Å². The van der Waals surface area contributed by atoms with Gasteiger partial charge in [-0.05, 0) is 20.3 Å². The lowest BCUT2D eigenvalue weighted by molar-refractivity contribution is -0.157. The fraction of sp³-hybridized carbons (Fsp3) is 0.800. The van der Waals surface area contributed by atoms with Crippen LogP contribution in [0.15, 0.2) is 9.98 Å². The number of rotatable bonds is 5. The van der Waals surface area contributed by atoms with Crippen molar-refractivity contribution in [1.82, 2.24) is 5.06 Å². The Labute approximate surface area is 96.3 Å². The van der Waals surface area contributed by atoms with Gasteiger partial charge in [-0.2, -0.15) is 10.1 Å². The topological polar surface area (TPSA) is 89.2 Å². The molecule has 0 atom stereocenters. The van der Waals surface area contributed by atoms with E-state index in [1.807, 2.05) is 13.8 Å². The van der Waals surface area contributed by atoms with Gasteiger partial charge in [0.15, 0.2) is 5.66 Å². The summed E-state index contributed by atoms with van der Waals surface area (Å²) in [5.74, 6) is 0.449. The molecule has 0 bridgehead atoms. The Morgan fingerprint density at radius 1 is 1.31 bits per heavy atom. The van der Waals surface area contributed by atoms with Gasteiger partial charge in [0.05, 0.1) is 6.61 Å². The van der Waals surface area contributed by atoms with Gasteiger partial charge in [-0.1, -0.05) is 19.8 Å². The van der Waals surface area contributed by atoms with Crippen LogP contribution in [0.4, 0.5) is 0 Å². The molecular formula is C10H21N5O. The molecule has 1 aliphatic heterocycles. The predicted octanol–water partition coefficient (Wildman–Crippen LogP) is 0.789. The summed E-state index contributed by atoms with van der Waals surface area (Å²) in [7, 11) is 0. The smallest absolute Gasteiger partial charge is 0.226 e. The third kappa shape index (κ3) is 3.10. The van der Waals surface area contributed by atoms with Crippen LogP contribution in [0.2, 0.25) is 0 Å². The summed E-state index contributed by atoms with van der Waals surface area (Å²) in [5, 5.41) is 1.51. The van der Waals surface area contributed by atoms with Gasteiger partial charge >= 0.3 is 0 Å². The minimum Gasteiger partial charge on any atom is -0.368 e. The van der Waals surface area contributed by atoms with Crippen LogP contribution in [-0.2, 0) is 4.84 Å². The Morgan fingerprint density at radius 2 is 2.00 bits per heavy atom. The summed E-state index contributed by atoms with van der Waals surface area (Å²) in [6, 6.07) is 0. The van der Waals surface area contributed by atoms with Crippen LogP contribution in [0.3, 0.4) is 0 Å². The van der Waals surface area contributed by atoms with E-state index in [-0.39, 0.29) is 11.9 Å². The molecule has 1 heterocycles. The number of guanidine groups is 2. The first-order valence-corrected chi connectivity index (χ1v) is 5.60. The van der Waals surface area contributed by atoms with Crippen LogP contribution in [0.5, 0.6) is 0 Å². The number of nitrogens with two attached hydrogens (primary N) is 2. The number of unbranched alkanes of at least 4 members (excludes halogenated alkanes) is 2. The maximum atomic E-state index is 5.75. The molecule has 0 saturated carbocycles. The SMILES string of the molecule is CCCCCON1C(N)=NC(N)=NC1(C)C. The molecule has 0 spiro atoms. The van der Waals surface area contributed by atoms with Gasteiger partial charge in [0.1, 0.15) is 0 Å². The van der Waals surface area contributed by atoms with Gasteiger partial charge in [-0.25, -0.2) is 4.99 Å². The molecule has 6 heteroatoms. The maximum absolute atomic E-state index is 5.75. The van der Waals surface area contributed by atoms with E-state index in [9.17, 15) is 0 Å². The molecule has 1 rings (SSSR count). The number of aliphatic imine (C=N–C) groups is 2. The van der Waals surface area contributed by atoms with Gasteiger partial charge in [-0.15, -0.1) is 0 Å². The molecule has 16 heavy (non-hydrogen) atoms. The molecule has 0 amide bonds. The van der Waals surface area contributed by atoms with Crippen LogP contribution < -0.4 is 11.5 Å². The minimum absolute atomic E-state index is 0.191. The van der Waals surface area contributed by atoms with Gasteiger partial charge in [0, 0.05) is 0 Å². The van der Waals surface area contributed by atoms with Crippen molar-refractivity contribution in [2.75, 3.05) is 6.61 Å². The first-order chi connectivity index (χ1) is 7.47. The second kappa shape index (κ2) is 5.16. The molecule has 0 aromatic rings. The Hall–Kier alpha value is -1.30. The number of hydroxylamine groups is 2. The van der Waals surface area contributed by atoms with Crippen LogP contribution >= 0.6 is 0 Å². The van der Waals surface area contributed by atoms with Crippen LogP contribution in [-0.4, -0.2) is 29.3 Å². The van der Waals surface area contributed by atoms with Gasteiger partial charge in [0.2, 0.25) is 11.9 Å². The molecule has 6 nitrogen and oxygen atoms in total. The zero-order valence-corrected chi connectivity index (χ0v) is 10.2. The van der Waals surface area contributed by atoms with E-state index in [0.29, 0.717) is 6.61 Å². The highest BCUT2D eigenvalue weighted by Crippen LogP contribution is 2.19. The highest BCUT2D eigenvalue weighted by atomic mass is 16.7. The quantitative estimate of drug-likeness (QED) is 0.679. The lowest BCUT2D eigenvalue weighted by Crippen LogP contribution is -2.53. The lowest BCUT2D eigenvalue weighted by atomic mass is 10.2. The van der Waals surface area contributed by atoms with Crippen molar-refractivity contribution >= 4 is 11.9 Å². The monoisotopic (exact) mass is 227 g/mol. The Bertz CT molecular complexity index is 298.